The zero-order valence-electron chi connectivity index (χ0n) is 11.5. The molecule has 0 bridgehead atoms. The van der Waals surface area contributed by atoms with Gasteiger partial charge in [-0.2, -0.15) is 0 Å². The normalized spacial score (nSPS) is 12.8. The van der Waals surface area contributed by atoms with Crippen molar-refractivity contribution in [3.63, 3.8) is 0 Å². The fourth-order valence-electron chi connectivity index (χ4n) is 2.11. The summed E-state index contributed by atoms with van der Waals surface area (Å²) in [5.74, 6) is 2.12. The molecule has 0 amide bonds. The van der Waals surface area contributed by atoms with Crippen LogP contribution >= 0.6 is 0 Å². The Morgan fingerprint density at radius 1 is 1.24 bits per heavy atom. The van der Waals surface area contributed by atoms with Crippen LogP contribution in [0.25, 0.3) is 0 Å². The van der Waals surface area contributed by atoms with Gasteiger partial charge in [0.15, 0.2) is 0 Å². The summed E-state index contributed by atoms with van der Waals surface area (Å²) in [6.45, 7) is 8.83. The molecule has 2 nitrogen and oxygen atoms in total. The summed E-state index contributed by atoms with van der Waals surface area (Å²) in [6.07, 6.45) is 1.18. The summed E-state index contributed by atoms with van der Waals surface area (Å²) < 4.78 is 5.45. The Labute approximate surface area is 105 Å². The van der Waals surface area contributed by atoms with Crippen molar-refractivity contribution in [2.24, 2.45) is 5.92 Å². The Balaban J connectivity index is 2.81. The number of hydrogen-bond donors (Lipinski definition) is 1. The third-order valence-electron chi connectivity index (χ3n) is 3.13. The molecule has 1 aromatic rings. The van der Waals surface area contributed by atoms with Crippen LogP contribution in [0.5, 0.6) is 5.75 Å². The second-order valence-electron chi connectivity index (χ2n) is 4.80. The molecule has 0 fully saturated rings. The molecule has 96 valence electrons. The lowest BCUT2D eigenvalue weighted by molar-refractivity contribution is 0.389. The zero-order valence-corrected chi connectivity index (χ0v) is 11.5. The second kappa shape index (κ2) is 7.33. The smallest absolute Gasteiger partial charge is 0.122 e. The predicted molar refractivity (Wildman–Crippen MR) is 73.7 cm³/mol. The van der Waals surface area contributed by atoms with Gasteiger partial charge in [0.1, 0.15) is 5.75 Å². The maximum absolute atomic E-state index is 5.45. The van der Waals surface area contributed by atoms with E-state index >= 15 is 0 Å². The van der Waals surface area contributed by atoms with Crippen molar-refractivity contribution in [1.29, 1.82) is 0 Å². The minimum absolute atomic E-state index is 0.512. The number of nitrogens with one attached hydrogen (secondary N) is 1. The van der Waals surface area contributed by atoms with Crippen molar-refractivity contribution in [3.05, 3.63) is 29.8 Å². The maximum Gasteiger partial charge on any atom is 0.122 e. The molecule has 1 rings (SSSR count). The average Bonchev–Trinajstić information content (AvgIpc) is 2.34. The molecule has 0 saturated carbocycles. The molecule has 2 heteroatoms. The van der Waals surface area contributed by atoms with Crippen LogP contribution in [0.2, 0.25) is 0 Å². The molecule has 0 spiro atoms. The van der Waals surface area contributed by atoms with Crippen LogP contribution in [0, 0.1) is 5.92 Å². The monoisotopic (exact) mass is 235 g/mol. The van der Waals surface area contributed by atoms with Crippen LogP contribution in [0.15, 0.2) is 24.3 Å². The zero-order chi connectivity index (χ0) is 12.7. The van der Waals surface area contributed by atoms with Crippen molar-refractivity contribution in [2.45, 2.75) is 33.1 Å². The summed E-state index contributed by atoms with van der Waals surface area (Å²) in [4.78, 5) is 0. The summed E-state index contributed by atoms with van der Waals surface area (Å²) >= 11 is 0. The molecule has 17 heavy (non-hydrogen) atoms. The quantitative estimate of drug-likeness (QED) is 0.731. The first-order valence-corrected chi connectivity index (χ1v) is 6.54. The van der Waals surface area contributed by atoms with E-state index in [-0.39, 0.29) is 0 Å². The number of benzene rings is 1. The SMILES string of the molecule is CCCNCC(c1ccccc1OC)C(C)C. The summed E-state index contributed by atoms with van der Waals surface area (Å²) in [5.41, 5.74) is 1.31. The fourth-order valence-corrected chi connectivity index (χ4v) is 2.11. The van der Waals surface area contributed by atoms with Crippen LogP contribution in [0.4, 0.5) is 0 Å². The highest BCUT2D eigenvalue weighted by Gasteiger charge is 2.18. The Hall–Kier alpha value is -1.02. The van der Waals surface area contributed by atoms with E-state index in [1.54, 1.807) is 7.11 Å². The topological polar surface area (TPSA) is 21.3 Å². The lowest BCUT2D eigenvalue weighted by atomic mass is 9.87. The molecule has 0 aromatic heterocycles. The van der Waals surface area contributed by atoms with Gasteiger partial charge < -0.3 is 10.1 Å². The summed E-state index contributed by atoms with van der Waals surface area (Å²) in [5, 5.41) is 3.51. The molecule has 0 aliphatic rings. The first kappa shape index (κ1) is 14.0. The highest BCUT2D eigenvalue weighted by molar-refractivity contribution is 5.36. The second-order valence-corrected chi connectivity index (χ2v) is 4.80. The van der Waals surface area contributed by atoms with E-state index in [2.05, 4.69) is 38.2 Å². The fraction of sp³-hybridized carbons (Fsp3) is 0.600. The standard InChI is InChI=1S/C15H25NO/c1-5-10-16-11-14(12(2)3)13-8-6-7-9-15(13)17-4/h6-9,12,14,16H,5,10-11H2,1-4H3. The first-order chi connectivity index (χ1) is 8.20. The highest BCUT2D eigenvalue weighted by atomic mass is 16.5. The van der Waals surface area contributed by atoms with Gasteiger partial charge in [-0.15, -0.1) is 0 Å². The molecule has 0 aliphatic carbocycles. The third kappa shape index (κ3) is 4.04. The molecule has 0 radical (unpaired) electrons. The predicted octanol–water partition coefficient (Wildman–Crippen LogP) is 3.43. The van der Waals surface area contributed by atoms with Crippen LogP contribution in [-0.2, 0) is 0 Å². The maximum atomic E-state index is 5.45. The molecular weight excluding hydrogens is 210 g/mol. The molecule has 0 saturated heterocycles. The van der Waals surface area contributed by atoms with E-state index in [0.29, 0.717) is 11.8 Å². The Bertz CT molecular complexity index is 322. The minimum atomic E-state index is 0.512. The van der Waals surface area contributed by atoms with Gasteiger partial charge in [-0.25, -0.2) is 0 Å². The van der Waals surface area contributed by atoms with Crippen molar-refractivity contribution in [2.75, 3.05) is 20.2 Å². The largest absolute Gasteiger partial charge is 0.496 e. The van der Waals surface area contributed by atoms with Gasteiger partial charge in [0.25, 0.3) is 0 Å². The minimum Gasteiger partial charge on any atom is -0.496 e. The van der Waals surface area contributed by atoms with Gasteiger partial charge in [-0.1, -0.05) is 39.0 Å². The van der Waals surface area contributed by atoms with E-state index in [4.69, 9.17) is 4.74 Å². The molecule has 1 atom stereocenters. The average molecular weight is 235 g/mol. The van der Waals surface area contributed by atoms with Gasteiger partial charge in [-0.05, 0) is 30.5 Å². The number of rotatable bonds is 7. The molecule has 1 aromatic carbocycles. The molecule has 1 unspecified atom stereocenters. The van der Waals surface area contributed by atoms with Gasteiger partial charge in [-0.3, -0.25) is 0 Å². The first-order valence-electron chi connectivity index (χ1n) is 6.54. The van der Waals surface area contributed by atoms with Crippen molar-refractivity contribution >= 4 is 0 Å². The molecule has 0 heterocycles. The molecular formula is C15H25NO. The lowest BCUT2D eigenvalue weighted by Crippen LogP contribution is -2.25. The van der Waals surface area contributed by atoms with Crippen molar-refractivity contribution in [3.8, 4) is 5.75 Å². The number of ether oxygens (including phenoxy) is 1. The van der Waals surface area contributed by atoms with E-state index in [0.717, 1.165) is 18.8 Å². The summed E-state index contributed by atoms with van der Waals surface area (Å²) in [6, 6.07) is 8.34. The molecule has 1 N–H and O–H groups in total. The Morgan fingerprint density at radius 3 is 2.53 bits per heavy atom. The van der Waals surface area contributed by atoms with E-state index in [9.17, 15) is 0 Å². The van der Waals surface area contributed by atoms with Crippen LogP contribution in [0.1, 0.15) is 38.7 Å². The van der Waals surface area contributed by atoms with E-state index in [1.807, 2.05) is 12.1 Å². The lowest BCUT2D eigenvalue weighted by Gasteiger charge is -2.23. The Kier molecular flexibility index (Phi) is 6.06. The van der Waals surface area contributed by atoms with Gasteiger partial charge in [0, 0.05) is 12.5 Å². The van der Waals surface area contributed by atoms with Crippen molar-refractivity contribution in [1.82, 2.24) is 5.32 Å². The Morgan fingerprint density at radius 2 is 1.94 bits per heavy atom. The van der Waals surface area contributed by atoms with Crippen LogP contribution in [-0.4, -0.2) is 20.2 Å². The number of methoxy groups -OCH3 is 1. The summed E-state index contributed by atoms with van der Waals surface area (Å²) in [7, 11) is 1.75. The van der Waals surface area contributed by atoms with Crippen LogP contribution in [0.3, 0.4) is 0 Å². The van der Waals surface area contributed by atoms with E-state index < -0.39 is 0 Å². The third-order valence-corrected chi connectivity index (χ3v) is 3.13. The molecule has 0 aliphatic heterocycles. The van der Waals surface area contributed by atoms with Gasteiger partial charge in [0.05, 0.1) is 7.11 Å². The van der Waals surface area contributed by atoms with Crippen LogP contribution < -0.4 is 10.1 Å². The van der Waals surface area contributed by atoms with E-state index in [1.165, 1.54) is 12.0 Å². The number of hydrogen-bond acceptors (Lipinski definition) is 2. The highest BCUT2D eigenvalue weighted by Crippen LogP contribution is 2.31. The van der Waals surface area contributed by atoms with Crippen molar-refractivity contribution < 1.29 is 4.74 Å². The number of para-hydroxylation sites is 1. The van der Waals surface area contributed by atoms with Gasteiger partial charge >= 0.3 is 0 Å². The van der Waals surface area contributed by atoms with Gasteiger partial charge in [0.2, 0.25) is 0 Å².